The first kappa shape index (κ1) is 8.06. The molecule has 0 amide bonds. The average molecular weight is 161 g/mol. The molecule has 0 aromatic carbocycles. The summed E-state index contributed by atoms with van der Waals surface area (Å²) in [5.74, 6) is 0. The van der Waals surface area contributed by atoms with Gasteiger partial charge in [0.1, 0.15) is 0 Å². The van der Waals surface area contributed by atoms with Crippen molar-refractivity contribution in [2.24, 2.45) is 0 Å². The van der Waals surface area contributed by atoms with E-state index in [1.165, 1.54) is 0 Å². The van der Waals surface area contributed by atoms with E-state index < -0.39 is 16.9 Å². The van der Waals surface area contributed by atoms with Gasteiger partial charge in [-0.15, -0.1) is 0 Å². The topological polar surface area (TPSA) is 104 Å². The number of rotatable bonds is 2. The van der Waals surface area contributed by atoms with Gasteiger partial charge in [-0.1, -0.05) is 4.89 Å². The third kappa shape index (κ3) is 1.89. The van der Waals surface area contributed by atoms with Gasteiger partial charge in [-0.2, -0.15) is 0 Å². The zero-order chi connectivity index (χ0) is 6.78. The minimum atomic E-state index is -4.33. The molecule has 0 aromatic heterocycles. The molecule has 0 radical (unpaired) electrons. The molecule has 6 nitrogen and oxygen atoms in total. The lowest BCUT2D eigenvalue weighted by molar-refractivity contribution is 0.245. The molecule has 0 aromatic rings. The van der Waals surface area contributed by atoms with Gasteiger partial charge < -0.3 is 10.1 Å². The SMILES string of the molecule is O=[PH](O)S(=O)(=O)NO. The van der Waals surface area contributed by atoms with E-state index in [9.17, 15) is 13.0 Å². The maximum atomic E-state index is 9.82. The second-order valence-electron chi connectivity index (χ2n) is 0.861. The van der Waals surface area contributed by atoms with Gasteiger partial charge in [0.05, 0.1) is 0 Å². The van der Waals surface area contributed by atoms with Crippen molar-refractivity contribution < 1.29 is 23.1 Å². The summed E-state index contributed by atoms with van der Waals surface area (Å²) < 4.78 is 29.3. The Bertz CT molecular complexity index is 179. The van der Waals surface area contributed by atoms with E-state index in [-0.39, 0.29) is 0 Å². The Morgan fingerprint density at radius 1 is 1.50 bits per heavy atom. The van der Waals surface area contributed by atoms with Gasteiger partial charge in [-0.25, -0.2) is 8.42 Å². The molecule has 0 rings (SSSR count). The van der Waals surface area contributed by atoms with Gasteiger partial charge in [-0.05, 0) is 0 Å². The molecule has 8 heteroatoms. The van der Waals surface area contributed by atoms with Gasteiger partial charge in [0.15, 0.2) is 0 Å². The Labute approximate surface area is 45.8 Å². The third-order valence-corrected chi connectivity index (χ3v) is 2.70. The summed E-state index contributed by atoms with van der Waals surface area (Å²) in [6.45, 7) is 0. The molecule has 0 aliphatic heterocycles. The standard InChI is InChI=1S/H4NO5PS/c2-1-8(5,6)7(3)4/h1-2,7H,(H,3,4). The summed E-state index contributed by atoms with van der Waals surface area (Å²) in [6.07, 6.45) is 0. The van der Waals surface area contributed by atoms with Crippen LogP contribution in [-0.4, -0.2) is 18.5 Å². The molecule has 8 heavy (non-hydrogen) atoms. The van der Waals surface area contributed by atoms with Crippen molar-refractivity contribution in [1.29, 1.82) is 0 Å². The first-order valence-corrected chi connectivity index (χ1v) is 4.96. The number of nitrogens with one attached hydrogen (secondary N) is 1. The monoisotopic (exact) mass is 161 g/mol. The van der Waals surface area contributed by atoms with E-state index in [1.807, 2.05) is 0 Å². The molecule has 0 fully saturated rings. The maximum absolute atomic E-state index is 9.82. The zero-order valence-electron chi connectivity index (χ0n) is 3.53. The molecule has 0 saturated heterocycles. The highest BCUT2D eigenvalue weighted by Gasteiger charge is 2.13. The summed E-state index contributed by atoms with van der Waals surface area (Å²) in [7, 11) is -8.03. The van der Waals surface area contributed by atoms with E-state index in [0.29, 0.717) is 4.89 Å². The lowest BCUT2D eigenvalue weighted by atomic mass is 13.5. The van der Waals surface area contributed by atoms with Crippen LogP contribution >= 0.6 is 7.23 Å². The van der Waals surface area contributed by atoms with Crippen LogP contribution < -0.4 is 4.89 Å². The predicted octanol–water partition coefficient (Wildman–Crippen LogP) is -1.32. The Kier molecular flexibility index (Phi) is 2.58. The lowest BCUT2D eigenvalue weighted by Gasteiger charge is -1.90. The summed E-state index contributed by atoms with van der Waals surface area (Å²) >= 11 is 0. The van der Waals surface area contributed by atoms with E-state index in [0.717, 1.165) is 0 Å². The Balaban J connectivity index is 4.42. The normalized spacial score (nSPS) is 15.8. The van der Waals surface area contributed by atoms with Gasteiger partial charge in [0, 0.05) is 0 Å². The Morgan fingerprint density at radius 3 is 1.88 bits per heavy atom. The third-order valence-electron chi connectivity index (χ3n) is 0.350. The van der Waals surface area contributed by atoms with Crippen LogP contribution in [0, 0.1) is 0 Å². The summed E-state index contributed by atoms with van der Waals surface area (Å²) in [4.78, 5) is 8.51. The molecule has 0 bridgehead atoms. The average Bonchev–Trinajstić information content (AvgIpc) is 1.67. The molecule has 0 saturated carbocycles. The van der Waals surface area contributed by atoms with Crippen LogP contribution in [0.5, 0.6) is 0 Å². The van der Waals surface area contributed by atoms with Crippen LogP contribution in [0.2, 0.25) is 0 Å². The Morgan fingerprint density at radius 2 is 1.88 bits per heavy atom. The van der Waals surface area contributed by atoms with E-state index in [1.54, 1.807) is 0 Å². The van der Waals surface area contributed by atoms with Crippen molar-refractivity contribution in [2.45, 2.75) is 0 Å². The van der Waals surface area contributed by atoms with Crippen molar-refractivity contribution in [3.8, 4) is 0 Å². The Hall–Kier alpha value is 0.0600. The smallest absolute Gasteiger partial charge is 0.318 e. The van der Waals surface area contributed by atoms with Crippen LogP contribution in [0.25, 0.3) is 0 Å². The fraction of sp³-hybridized carbons (Fsp3) is 0. The molecule has 1 unspecified atom stereocenters. The molecule has 50 valence electrons. The van der Waals surface area contributed by atoms with E-state index in [2.05, 4.69) is 0 Å². The summed E-state index contributed by atoms with van der Waals surface area (Å²) in [5.41, 5.74) is 0. The van der Waals surface area contributed by atoms with Crippen molar-refractivity contribution in [3.63, 3.8) is 0 Å². The fourth-order valence-electron chi connectivity index (χ4n) is 0.0390. The van der Waals surface area contributed by atoms with E-state index >= 15 is 0 Å². The minimum Gasteiger partial charge on any atom is -0.335 e. The van der Waals surface area contributed by atoms with Gasteiger partial charge in [0.2, 0.25) is 0 Å². The summed E-state index contributed by atoms with van der Waals surface area (Å²) in [5, 5.41) is 7.59. The largest absolute Gasteiger partial charge is 0.335 e. The predicted molar refractivity (Wildman–Crippen MR) is 25.1 cm³/mol. The quantitative estimate of drug-likeness (QED) is 0.344. The van der Waals surface area contributed by atoms with Crippen molar-refractivity contribution >= 4 is 16.9 Å². The molecule has 0 heterocycles. The highest BCUT2D eigenvalue weighted by atomic mass is 32.8. The van der Waals surface area contributed by atoms with Gasteiger partial charge in [0.25, 0.3) is 0 Å². The minimum absolute atomic E-state index is 0.696. The molecular formula is H4NO5PS. The van der Waals surface area contributed by atoms with Gasteiger partial charge >= 0.3 is 16.9 Å². The van der Waals surface area contributed by atoms with Crippen LogP contribution in [0.4, 0.5) is 0 Å². The van der Waals surface area contributed by atoms with Crippen molar-refractivity contribution in [3.05, 3.63) is 0 Å². The first-order chi connectivity index (χ1) is 3.50. The highest BCUT2D eigenvalue weighted by Crippen LogP contribution is 2.20. The van der Waals surface area contributed by atoms with E-state index in [4.69, 9.17) is 10.1 Å². The van der Waals surface area contributed by atoms with Gasteiger partial charge in [-0.3, -0.25) is 4.57 Å². The van der Waals surface area contributed by atoms with Crippen LogP contribution in [0.15, 0.2) is 0 Å². The fourth-order valence-corrected chi connectivity index (χ4v) is 0.351. The molecule has 0 aliphatic rings. The molecular weight excluding hydrogens is 157 g/mol. The van der Waals surface area contributed by atoms with Crippen LogP contribution in [0.1, 0.15) is 0 Å². The number of hydrogen-bond acceptors (Lipinski definition) is 4. The number of hydrogen-bond donors (Lipinski definition) is 3. The van der Waals surface area contributed by atoms with Crippen LogP contribution in [0.3, 0.4) is 0 Å². The maximum Gasteiger partial charge on any atom is 0.318 e. The van der Waals surface area contributed by atoms with Crippen molar-refractivity contribution in [1.82, 2.24) is 4.89 Å². The van der Waals surface area contributed by atoms with Crippen molar-refractivity contribution in [2.75, 3.05) is 0 Å². The molecule has 3 N–H and O–H groups in total. The lowest BCUT2D eigenvalue weighted by Crippen LogP contribution is -2.14. The van der Waals surface area contributed by atoms with Crippen LogP contribution in [-0.2, 0) is 14.2 Å². The second-order valence-corrected chi connectivity index (χ2v) is 5.24. The highest BCUT2D eigenvalue weighted by molar-refractivity contribution is 8.42. The summed E-state index contributed by atoms with van der Waals surface area (Å²) in [6, 6.07) is 0. The first-order valence-electron chi connectivity index (χ1n) is 1.39. The molecule has 0 aliphatic carbocycles. The molecule has 0 spiro atoms. The second kappa shape index (κ2) is 2.56. The molecule has 1 atom stereocenters. The zero-order valence-corrected chi connectivity index (χ0v) is 5.34.